The Bertz CT molecular complexity index is 321. The van der Waals surface area contributed by atoms with Crippen LogP contribution < -0.4 is 5.32 Å². The van der Waals surface area contributed by atoms with Crippen LogP contribution in [0.4, 0.5) is 0 Å². The van der Waals surface area contributed by atoms with E-state index in [9.17, 15) is 0 Å². The van der Waals surface area contributed by atoms with Gasteiger partial charge in [-0.2, -0.15) is 0 Å². The van der Waals surface area contributed by atoms with Crippen molar-refractivity contribution in [3.05, 3.63) is 35.4 Å². The molecule has 108 valence electrons. The summed E-state index contributed by atoms with van der Waals surface area (Å²) in [5.74, 6) is 0. The molecule has 1 unspecified atom stereocenters. The molecular weight excluding hydrogens is 234 g/mol. The third-order valence-electron chi connectivity index (χ3n) is 3.52. The molecule has 0 aliphatic carbocycles. The minimum atomic E-state index is 0.433. The standard InChI is InChI=1S/C17H29NO/c1-4-5-8-16-9-11-17(12-10-16)15(2)18-13-6-7-14-19-3/h9-12,15,18H,4-8,13-14H2,1-3H3. The quantitative estimate of drug-likeness (QED) is 0.642. The molecule has 0 aromatic heterocycles. The van der Waals surface area contributed by atoms with Crippen LogP contribution in [0.15, 0.2) is 24.3 Å². The average Bonchev–Trinajstić information content (AvgIpc) is 2.45. The second-order valence-electron chi connectivity index (χ2n) is 5.22. The number of hydrogen-bond donors (Lipinski definition) is 1. The molecule has 1 aromatic carbocycles. The zero-order valence-corrected chi connectivity index (χ0v) is 12.7. The zero-order valence-electron chi connectivity index (χ0n) is 12.7. The van der Waals surface area contributed by atoms with Crippen molar-refractivity contribution in [3.63, 3.8) is 0 Å². The molecule has 0 amide bonds. The van der Waals surface area contributed by atoms with Crippen LogP contribution >= 0.6 is 0 Å². The van der Waals surface area contributed by atoms with E-state index in [0.29, 0.717) is 6.04 Å². The Morgan fingerprint density at radius 2 is 1.84 bits per heavy atom. The molecule has 1 atom stereocenters. The van der Waals surface area contributed by atoms with E-state index in [1.807, 2.05) is 0 Å². The summed E-state index contributed by atoms with van der Waals surface area (Å²) >= 11 is 0. The monoisotopic (exact) mass is 263 g/mol. The highest BCUT2D eigenvalue weighted by atomic mass is 16.5. The number of aryl methyl sites for hydroxylation is 1. The highest BCUT2D eigenvalue weighted by molar-refractivity contribution is 5.24. The van der Waals surface area contributed by atoms with Crippen molar-refractivity contribution in [1.29, 1.82) is 0 Å². The van der Waals surface area contributed by atoms with Gasteiger partial charge in [-0.25, -0.2) is 0 Å². The van der Waals surface area contributed by atoms with Gasteiger partial charge >= 0.3 is 0 Å². The maximum atomic E-state index is 5.05. The molecule has 0 heterocycles. The SMILES string of the molecule is CCCCc1ccc(C(C)NCCCCOC)cc1. The van der Waals surface area contributed by atoms with Crippen molar-refractivity contribution in [1.82, 2.24) is 5.32 Å². The smallest absolute Gasteiger partial charge is 0.0462 e. The van der Waals surface area contributed by atoms with E-state index in [1.165, 1.54) is 36.8 Å². The lowest BCUT2D eigenvalue weighted by molar-refractivity contribution is 0.192. The van der Waals surface area contributed by atoms with Crippen LogP contribution in [0.2, 0.25) is 0 Å². The number of rotatable bonds is 10. The Morgan fingerprint density at radius 1 is 1.11 bits per heavy atom. The first-order valence-electron chi connectivity index (χ1n) is 7.59. The van der Waals surface area contributed by atoms with Crippen LogP contribution in [0.3, 0.4) is 0 Å². The number of benzene rings is 1. The minimum absolute atomic E-state index is 0.433. The lowest BCUT2D eigenvalue weighted by atomic mass is 10.0. The van der Waals surface area contributed by atoms with Gasteiger partial charge in [0.1, 0.15) is 0 Å². The van der Waals surface area contributed by atoms with Crippen LogP contribution in [-0.2, 0) is 11.2 Å². The number of ether oxygens (including phenoxy) is 1. The van der Waals surface area contributed by atoms with E-state index in [0.717, 1.165) is 19.6 Å². The molecular formula is C17H29NO. The van der Waals surface area contributed by atoms with Gasteiger partial charge in [0.05, 0.1) is 0 Å². The van der Waals surface area contributed by atoms with Crippen LogP contribution in [-0.4, -0.2) is 20.3 Å². The van der Waals surface area contributed by atoms with E-state index in [1.54, 1.807) is 7.11 Å². The lowest BCUT2D eigenvalue weighted by Gasteiger charge is -2.14. The maximum Gasteiger partial charge on any atom is 0.0462 e. The van der Waals surface area contributed by atoms with E-state index in [2.05, 4.69) is 43.4 Å². The summed E-state index contributed by atoms with van der Waals surface area (Å²) in [7, 11) is 1.76. The van der Waals surface area contributed by atoms with E-state index >= 15 is 0 Å². The number of nitrogens with one attached hydrogen (secondary N) is 1. The van der Waals surface area contributed by atoms with Crippen LogP contribution in [0.5, 0.6) is 0 Å². The van der Waals surface area contributed by atoms with Crippen LogP contribution in [0.1, 0.15) is 56.7 Å². The molecule has 1 rings (SSSR count). The van der Waals surface area contributed by atoms with Gasteiger partial charge in [0.15, 0.2) is 0 Å². The summed E-state index contributed by atoms with van der Waals surface area (Å²) in [4.78, 5) is 0. The van der Waals surface area contributed by atoms with Gasteiger partial charge in [-0.1, -0.05) is 37.6 Å². The van der Waals surface area contributed by atoms with E-state index in [4.69, 9.17) is 4.74 Å². The van der Waals surface area contributed by atoms with E-state index < -0.39 is 0 Å². The fourth-order valence-electron chi connectivity index (χ4n) is 2.16. The first kappa shape index (κ1) is 16.2. The third-order valence-corrected chi connectivity index (χ3v) is 3.52. The molecule has 0 saturated heterocycles. The topological polar surface area (TPSA) is 21.3 Å². The maximum absolute atomic E-state index is 5.05. The summed E-state index contributed by atoms with van der Waals surface area (Å²) in [5.41, 5.74) is 2.84. The molecule has 1 N–H and O–H groups in total. The van der Waals surface area contributed by atoms with Gasteiger partial charge in [-0.15, -0.1) is 0 Å². The molecule has 0 fully saturated rings. The van der Waals surface area contributed by atoms with Gasteiger partial charge < -0.3 is 10.1 Å². The highest BCUT2D eigenvalue weighted by Crippen LogP contribution is 2.14. The molecule has 0 spiro atoms. The van der Waals surface area contributed by atoms with Crippen molar-refractivity contribution in [2.24, 2.45) is 0 Å². The first-order valence-corrected chi connectivity index (χ1v) is 7.59. The number of methoxy groups -OCH3 is 1. The van der Waals surface area contributed by atoms with Crippen molar-refractivity contribution >= 4 is 0 Å². The van der Waals surface area contributed by atoms with Crippen molar-refractivity contribution in [3.8, 4) is 0 Å². The normalized spacial score (nSPS) is 12.6. The minimum Gasteiger partial charge on any atom is -0.385 e. The number of hydrogen-bond acceptors (Lipinski definition) is 2. The molecule has 0 saturated carbocycles. The molecule has 2 nitrogen and oxygen atoms in total. The Balaban J connectivity index is 2.29. The summed E-state index contributed by atoms with van der Waals surface area (Å²) in [6, 6.07) is 9.50. The zero-order chi connectivity index (χ0) is 13.9. The van der Waals surface area contributed by atoms with Crippen LogP contribution in [0.25, 0.3) is 0 Å². The second-order valence-corrected chi connectivity index (χ2v) is 5.22. The fourth-order valence-corrected chi connectivity index (χ4v) is 2.16. The van der Waals surface area contributed by atoms with Gasteiger partial charge in [0, 0.05) is 19.8 Å². The number of unbranched alkanes of at least 4 members (excludes halogenated alkanes) is 2. The molecule has 0 radical (unpaired) electrons. The van der Waals surface area contributed by atoms with Crippen molar-refractivity contribution in [2.75, 3.05) is 20.3 Å². The predicted molar refractivity (Wildman–Crippen MR) is 82.6 cm³/mol. The van der Waals surface area contributed by atoms with Gasteiger partial charge in [-0.3, -0.25) is 0 Å². The fraction of sp³-hybridized carbons (Fsp3) is 0.647. The summed E-state index contributed by atoms with van der Waals surface area (Å²) in [6.07, 6.45) is 6.06. The largest absolute Gasteiger partial charge is 0.385 e. The van der Waals surface area contributed by atoms with E-state index in [-0.39, 0.29) is 0 Å². The Morgan fingerprint density at radius 3 is 2.47 bits per heavy atom. The first-order chi connectivity index (χ1) is 9.27. The molecule has 0 aliphatic rings. The van der Waals surface area contributed by atoms with Gasteiger partial charge in [0.25, 0.3) is 0 Å². The molecule has 1 aromatic rings. The highest BCUT2D eigenvalue weighted by Gasteiger charge is 2.04. The molecule has 2 heteroatoms. The lowest BCUT2D eigenvalue weighted by Crippen LogP contribution is -2.20. The molecule has 19 heavy (non-hydrogen) atoms. The van der Waals surface area contributed by atoms with Gasteiger partial charge in [-0.05, 0) is 50.3 Å². The second kappa shape index (κ2) is 9.99. The van der Waals surface area contributed by atoms with Gasteiger partial charge in [0.2, 0.25) is 0 Å². The third kappa shape index (κ3) is 6.74. The summed E-state index contributed by atoms with van der Waals surface area (Å²) in [6.45, 7) is 6.39. The average molecular weight is 263 g/mol. The molecule has 0 bridgehead atoms. The molecule has 0 aliphatic heterocycles. The van der Waals surface area contributed by atoms with Crippen molar-refractivity contribution in [2.45, 2.75) is 52.0 Å². The Kier molecular flexibility index (Phi) is 8.52. The van der Waals surface area contributed by atoms with Crippen molar-refractivity contribution < 1.29 is 4.74 Å². The predicted octanol–water partition coefficient (Wildman–Crippen LogP) is 4.11. The Hall–Kier alpha value is -0.860. The van der Waals surface area contributed by atoms with Crippen LogP contribution in [0, 0.1) is 0 Å². The Labute approximate surface area is 118 Å². The summed E-state index contributed by atoms with van der Waals surface area (Å²) < 4.78 is 5.05. The summed E-state index contributed by atoms with van der Waals surface area (Å²) in [5, 5.41) is 3.56.